The maximum Gasteiger partial charge on any atom is 0.138 e. The predicted octanol–water partition coefficient (Wildman–Crippen LogP) is 3.49. The normalized spacial score (nSPS) is 10.1. The second kappa shape index (κ2) is 4.71. The van der Waals surface area contributed by atoms with Gasteiger partial charge < -0.3 is 10.4 Å². The first-order chi connectivity index (χ1) is 7.81. The van der Waals surface area contributed by atoms with Crippen LogP contribution in [0.25, 0.3) is 11.1 Å². The molecule has 0 heterocycles. The van der Waals surface area contributed by atoms with E-state index < -0.39 is 0 Å². The highest BCUT2D eigenvalue weighted by atomic mass is 16.3. The Hall–Kier alpha value is -1.96. The van der Waals surface area contributed by atoms with Crippen LogP contribution in [0.2, 0.25) is 0 Å². The van der Waals surface area contributed by atoms with Crippen molar-refractivity contribution in [2.75, 3.05) is 11.9 Å². The van der Waals surface area contributed by atoms with Gasteiger partial charge in [-0.25, -0.2) is 0 Å². The third-order valence-electron chi connectivity index (χ3n) is 2.47. The van der Waals surface area contributed by atoms with E-state index in [0.29, 0.717) is 5.75 Å². The number of rotatable bonds is 3. The van der Waals surface area contributed by atoms with E-state index in [4.69, 9.17) is 0 Å². The van der Waals surface area contributed by atoms with E-state index >= 15 is 0 Å². The highest BCUT2D eigenvalue weighted by molar-refractivity contribution is 5.71. The molecule has 2 nitrogen and oxygen atoms in total. The summed E-state index contributed by atoms with van der Waals surface area (Å²) in [5, 5.41) is 12.8. The lowest BCUT2D eigenvalue weighted by Crippen LogP contribution is -1.96. The Bertz CT molecular complexity index is 465. The van der Waals surface area contributed by atoms with Gasteiger partial charge in [-0.1, -0.05) is 36.4 Å². The van der Waals surface area contributed by atoms with Crippen molar-refractivity contribution >= 4 is 5.69 Å². The van der Waals surface area contributed by atoms with E-state index in [0.717, 1.165) is 23.4 Å². The molecule has 82 valence electrons. The van der Waals surface area contributed by atoms with Gasteiger partial charge in [0, 0.05) is 6.54 Å². The Morgan fingerprint density at radius 3 is 2.44 bits per heavy atom. The maximum atomic E-state index is 9.65. The monoisotopic (exact) mass is 213 g/mol. The molecule has 0 unspecified atom stereocenters. The van der Waals surface area contributed by atoms with Crippen LogP contribution in [0.15, 0.2) is 48.5 Å². The minimum absolute atomic E-state index is 0.293. The van der Waals surface area contributed by atoms with Crippen molar-refractivity contribution in [1.82, 2.24) is 0 Å². The van der Waals surface area contributed by atoms with Crippen molar-refractivity contribution in [3.8, 4) is 16.9 Å². The smallest absolute Gasteiger partial charge is 0.138 e. The van der Waals surface area contributed by atoms with Gasteiger partial charge in [0.05, 0.1) is 5.69 Å². The number of hydrogen-bond donors (Lipinski definition) is 2. The molecule has 0 amide bonds. The first kappa shape index (κ1) is 10.6. The Labute approximate surface area is 95.6 Å². The summed E-state index contributed by atoms with van der Waals surface area (Å²) in [4.78, 5) is 0. The van der Waals surface area contributed by atoms with Gasteiger partial charge in [0.15, 0.2) is 0 Å². The topological polar surface area (TPSA) is 32.3 Å². The van der Waals surface area contributed by atoms with Crippen LogP contribution in [0.3, 0.4) is 0 Å². The van der Waals surface area contributed by atoms with Crippen LogP contribution in [-0.4, -0.2) is 11.7 Å². The minimum atomic E-state index is 0.293. The van der Waals surface area contributed by atoms with E-state index in [1.54, 1.807) is 6.07 Å². The summed E-state index contributed by atoms with van der Waals surface area (Å²) in [6, 6.07) is 15.7. The molecule has 2 aromatic carbocycles. The largest absolute Gasteiger partial charge is 0.506 e. The molecule has 0 spiro atoms. The molecule has 0 aliphatic rings. The second-order valence-electron chi connectivity index (χ2n) is 3.63. The van der Waals surface area contributed by atoms with Crippen molar-refractivity contribution < 1.29 is 5.11 Å². The van der Waals surface area contributed by atoms with E-state index in [1.807, 2.05) is 37.3 Å². The minimum Gasteiger partial charge on any atom is -0.506 e. The summed E-state index contributed by atoms with van der Waals surface area (Å²) in [6.45, 7) is 2.81. The molecule has 0 atom stereocenters. The molecule has 2 N–H and O–H groups in total. The number of anilines is 1. The van der Waals surface area contributed by atoms with Gasteiger partial charge in [0.1, 0.15) is 5.75 Å². The molecule has 0 aliphatic carbocycles. The molecule has 2 aromatic rings. The first-order valence-electron chi connectivity index (χ1n) is 5.43. The number of phenolic OH excluding ortho intramolecular Hbond substituents is 1. The van der Waals surface area contributed by atoms with Crippen molar-refractivity contribution in [1.29, 1.82) is 0 Å². The highest BCUT2D eigenvalue weighted by Crippen LogP contribution is 2.29. The van der Waals surface area contributed by atoms with Crippen LogP contribution in [-0.2, 0) is 0 Å². The zero-order valence-corrected chi connectivity index (χ0v) is 9.27. The van der Waals surface area contributed by atoms with Crippen LogP contribution in [0.5, 0.6) is 5.75 Å². The molecule has 2 heteroatoms. The molecular weight excluding hydrogens is 198 g/mol. The van der Waals surface area contributed by atoms with E-state index in [-0.39, 0.29) is 0 Å². The Kier molecular flexibility index (Phi) is 3.10. The molecule has 0 aromatic heterocycles. The quantitative estimate of drug-likeness (QED) is 0.765. The van der Waals surface area contributed by atoms with Crippen LogP contribution in [0, 0.1) is 0 Å². The first-order valence-corrected chi connectivity index (χ1v) is 5.43. The van der Waals surface area contributed by atoms with E-state index in [2.05, 4.69) is 17.4 Å². The van der Waals surface area contributed by atoms with Gasteiger partial charge in [-0.15, -0.1) is 0 Å². The summed E-state index contributed by atoms with van der Waals surface area (Å²) in [5.41, 5.74) is 3.04. The summed E-state index contributed by atoms with van der Waals surface area (Å²) in [6.07, 6.45) is 0. The number of nitrogens with one attached hydrogen (secondary N) is 1. The fourth-order valence-electron chi connectivity index (χ4n) is 1.68. The number of hydrogen-bond acceptors (Lipinski definition) is 2. The standard InChI is InChI=1S/C14H15NO/c1-2-15-13-10-12(8-9-14(13)16)11-6-4-3-5-7-11/h3-10,15-16H,2H2,1H3. The van der Waals surface area contributed by atoms with E-state index in [1.165, 1.54) is 0 Å². The Balaban J connectivity index is 2.40. The summed E-state index contributed by atoms with van der Waals surface area (Å²) >= 11 is 0. The maximum absolute atomic E-state index is 9.65. The van der Waals surface area contributed by atoms with E-state index in [9.17, 15) is 5.11 Å². The summed E-state index contributed by atoms with van der Waals surface area (Å²) in [7, 11) is 0. The summed E-state index contributed by atoms with van der Waals surface area (Å²) in [5.74, 6) is 0.293. The van der Waals surface area contributed by atoms with Crippen LogP contribution in [0.4, 0.5) is 5.69 Å². The predicted molar refractivity (Wildman–Crippen MR) is 67.7 cm³/mol. The Morgan fingerprint density at radius 1 is 1.00 bits per heavy atom. The van der Waals surface area contributed by atoms with Crippen molar-refractivity contribution in [3.05, 3.63) is 48.5 Å². The fourth-order valence-corrected chi connectivity index (χ4v) is 1.68. The van der Waals surface area contributed by atoms with Gasteiger partial charge in [-0.3, -0.25) is 0 Å². The molecule has 0 bridgehead atoms. The van der Waals surface area contributed by atoms with Gasteiger partial charge >= 0.3 is 0 Å². The highest BCUT2D eigenvalue weighted by Gasteiger charge is 2.02. The van der Waals surface area contributed by atoms with Crippen molar-refractivity contribution in [2.45, 2.75) is 6.92 Å². The molecule has 0 aliphatic heterocycles. The van der Waals surface area contributed by atoms with Crippen LogP contribution >= 0.6 is 0 Å². The fraction of sp³-hybridized carbons (Fsp3) is 0.143. The number of aromatic hydroxyl groups is 1. The zero-order valence-electron chi connectivity index (χ0n) is 9.27. The summed E-state index contributed by atoms with van der Waals surface area (Å²) < 4.78 is 0. The van der Waals surface area contributed by atoms with Gasteiger partial charge in [-0.2, -0.15) is 0 Å². The Morgan fingerprint density at radius 2 is 1.75 bits per heavy atom. The molecule has 0 saturated heterocycles. The molecule has 0 radical (unpaired) electrons. The van der Waals surface area contributed by atoms with Crippen molar-refractivity contribution in [3.63, 3.8) is 0 Å². The van der Waals surface area contributed by atoms with Gasteiger partial charge in [-0.05, 0) is 30.2 Å². The number of phenols is 1. The van der Waals surface area contributed by atoms with Crippen LogP contribution < -0.4 is 5.32 Å². The molecule has 0 saturated carbocycles. The van der Waals surface area contributed by atoms with Gasteiger partial charge in [0.25, 0.3) is 0 Å². The van der Waals surface area contributed by atoms with Crippen molar-refractivity contribution in [2.24, 2.45) is 0 Å². The SMILES string of the molecule is CCNc1cc(-c2ccccc2)ccc1O. The average Bonchev–Trinajstić information content (AvgIpc) is 2.33. The molecule has 2 rings (SSSR count). The lowest BCUT2D eigenvalue weighted by atomic mass is 10.0. The third kappa shape index (κ3) is 2.16. The lowest BCUT2D eigenvalue weighted by Gasteiger charge is -2.08. The zero-order chi connectivity index (χ0) is 11.4. The average molecular weight is 213 g/mol. The molecule has 16 heavy (non-hydrogen) atoms. The second-order valence-corrected chi connectivity index (χ2v) is 3.63. The third-order valence-corrected chi connectivity index (χ3v) is 2.47. The van der Waals surface area contributed by atoms with Crippen LogP contribution in [0.1, 0.15) is 6.92 Å². The lowest BCUT2D eigenvalue weighted by molar-refractivity contribution is 0.477. The molecule has 0 fully saturated rings. The van der Waals surface area contributed by atoms with Gasteiger partial charge in [0.2, 0.25) is 0 Å². The number of benzene rings is 2. The molecular formula is C14H15NO.